The van der Waals surface area contributed by atoms with Crippen LogP contribution in [0.4, 0.5) is 5.69 Å². The molecule has 0 amide bonds. The summed E-state index contributed by atoms with van der Waals surface area (Å²) < 4.78 is 0.793. The SMILES string of the molecule is CCN(CC(C)(C)O)c1cccc(Br)c1C(=N)N. The average Bonchev–Trinajstić information content (AvgIpc) is 2.23. The zero-order valence-electron chi connectivity index (χ0n) is 11.0. The smallest absolute Gasteiger partial charge is 0.126 e. The lowest BCUT2D eigenvalue weighted by Gasteiger charge is -2.31. The van der Waals surface area contributed by atoms with Gasteiger partial charge in [-0.15, -0.1) is 0 Å². The van der Waals surface area contributed by atoms with Crippen LogP contribution in [0.3, 0.4) is 0 Å². The largest absolute Gasteiger partial charge is 0.389 e. The number of aliphatic hydroxyl groups is 1. The van der Waals surface area contributed by atoms with E-state index in [-0.39, 0.29) is 5.84 Å². The fourth-order valence-corrected chi connectivity index (χ4v) is 2.45. The van der Waals surface area contributed by atoms with E-state index in [0.29, 0.717) is 12.1 Å². The molecule has 4 N–H and O–H groups in total. The molecule has 1 rings (SSSR count). The number of rotatable bonds is 5. The van der Waals surface area contributed by atoms with Gasteiger partial charge in [0.15, 0.2) is 0 Å². The van der Waals surface area contributed by atoms with Crippen LogP contribution in [0.2, 0.25) is 0 Å². The summed E-state index contributed by atoms with van der Waals surface area (Å²) >= 11 is 3.41. The number of likely N-dealkylation sites (N-methyl/N-ethyl adjacent to an activating group) is 1. The summed E-state index contributed by atoms with van der Waals surface area (Å²) in [6.45, 7) is 6.76. The van der Waals surface area contributed by atoms with Gasteiger partial charge in [-0.3, -0.25) is 5.41 Å². The highest BCUT2D eigenvalue weighted by atomic mass is 79.9. The van der Waals surface area contributed by atoms with E-state index in [0.717, 1.165) is 16.7 Å². The van der Waals surface area contributed by atoms with Gasteiger partial charge in [0.1, 0.15) is 5.84 Å². The predicted octanol–water partition coefficient (Wildman–Crippen LogP) is 2.33. The molecule has 18 heavy (non-hydrogen) atoms. The van der Waals surface area contributed by atoms with Gasteiger partial charge in [0.25, 0.3) is 0 Å². The molecule has 0 fully saturated rings. The fourth-order valence-electron chi connectivity index (χ4n) is 1.88. The van der Waals surface area contributed by atoms with Gasteiger partial charge < -0.3 is 15.7 Å². The van der Waals surface area contributed by atoms with E-state index >= 15 is 0 Å². The van der Waals surface area contributed by atoms with Crippen LogP contribution in [-0.2, 0) is 0 Å². The Labute approximate surface area is 116 Å². The summed E-state index contributed by atoms with van der Waals surface area (Å²) in [5, 5.41) is 17.6. The third kappa shape index (κ3) is 3.71. The number of nitrogens with two attached hydrogens (primary N) is 1. The number of anilines is 1. The molecule has 0 radical (unpaired) electrons. The highest BCUT2D eigenvalue weighted by Gasteiger charge is 2.21. The summed E-state index contributed by atoms with van der Waals surface area (Å²) in [6, 6.07) is 5.67. The average molecular weight is 314 g/mol. The van der Waals surface area contributed by atoms with Gasteiger partial charge in [0, 0.05) is 23.2 Å². The topological polar surface area (TPSA) is 73.3 Å². The minimum absolute atomic E-state index is 0.0201. The lowest BCUT2D eigenvalue weighted by atomic mass is 10.1. The molecule has 1 aromatic rings. The second kappa shape index (κ2) is 5.71. The Balaban J connectivity index is 3.21. The van der Waals surface area contributed by atoms with Crippen molar-refractivity contribution >= 4 is 27.5 Å². The van der Waals surface area contributed by atoms with Gasteiger partial charge in [-0.25, -0.2) is 0 Å². The van der Waals surface area contributed by atoms with Crippen molar-refractivity contribution in [2.45, 2.75) is 26.4 Å². The molecule has 0 spiro atoms. The molecule has 5 heteroatoms. The molecular weight excluding hydrogens is 294 g/mol. The maximum absolute atomic E-state index is 9.94. The van der Waals surface area contributed by atoms with Gasteiger partial charge in [-0.1, -0.05) is 6.07 Å². The third-order valence-corrected chi connectivity index (χ3v) is 3.22. The van der Waals surface area contributed by atoms with Crippen LogP contribution in [0, 0.1) is 5.41 Å². The second-order valence-electron chi connectivity index (χ2n) is 4.87. The number of hydrogen-bond donors (Lipinski definition) is 3. The lowest BCUT2D eigenvalue weighted by molar-refractivity contribution is 0.0876. The summed E-state index contributed by atoms with van der Waals surface area (Å²) in [6.07, 6.45) is 0. The molecule has 0 atom stereocenters. The zero-order chi connectivity index (χ0) is 13.9. The molecule has 1 aromatic carbocycles. The van der Waals surface area contributed by atoms with Gasteiger partial charge >= 0.3 is 0 Å². The normalized spacial score (nSPS) is 11.4. The zero-order valence-corrected chi connectivity index (χ0v) is 12.6. The van der Waals surface area contributed by atoms with Crippen LogP contribution in [0.5, 0.6) is 0 Å². The van der Waals surface area contributed by atoms with Gasteiger partial charge in [0.2, 0.25) is 0 Å². The second-order valence-corrected chi connectivity index (χ2v) is 5.73. The number of benzene rings is 1. The van der Waals surface area contributed by atoms with Crippen LogP contribution in [-0.4, -0.2) is 29.6 Å². The first kappa shape index (κ1) is 15.0. The molecule has 0 aliphatic rings. The van der Waals surface area contributed by atoms with E-state index in [9.17, 15) is 5.11 Å². The third-order valence-electron chi connectivity index (χ3n) is 2.56. The molecule has 0 aromatic heterocycles. The predicted molar refractivity (Wildman–Crippen MR) is 79.3 cm³/mol. The summed E-state index contributed by atoms with van der Waals surface area (Å²) in [4.78, 5) is 2.02. The quantitative estimate of drug-likeness (QED) is 0.577. The Morgan fingerprint density at radius 1 is 1.50 bits per heavy atom. The number of hydrogen-bond acceptors (Lipinski definition) is 3. The number of nitrogen functional groups attached to an aromatic ring is 1. The van der Waals surface area contributed by atoms with E-state index in [1.807, 2.05) is 30.0 Å². The van der Waals surface area contributed by atoms with Gasteiger partial charge in [-0.2, -0.15) is 0 Å². The Hall–Kier alpha value is -1.07. The first-order valence-electron chi connectivity index (χ1n) is 5.86. The lowest BCUT2D eigenvalue weighted by Crippen LogP contribution is -2.39. The van der Waals surface area contributed by atoms with E-state index in [1.165, 1.54) is 0 Å². The molecule has 4 nitrogen and oxygen atoms in total. The Kier molecular flexibility index (Phi) is 4.76. The molecule has 0 unspecified atom stereocenters. The fraction of sp³-hybridized carbons (Fsp3) is 0.462. The summed E-state index contributed by atoms with van der Waals surface area (Å²) in [5.74, 6) is 0.0201. The van der Waals surface area contributed by atoms with E-state index < -0.39 is 5.60 Å². The van der Waals surface area contributed by atoms with Crippen molar-refractivity contribution in [3.05, 3.63) is 28.2 Å². The van der Waals surface area contributed by atoms with Crippen LogP contribution in [0.1, 0.15) is 26.3 Å². The summed E-state index contributed by atoms with van der Waals surface area (Å²) in [5.41, 5.74) is 6.37. The number of halogens is 1. The van der Waals surface area contributed by atoms with Crippen molar-refractivity contribution in [2.75, 3.05) is 18.0 Å². The monoisotopic (exact) mass is 313 g/mol. The molecule has 0 saturated carbocycles. The van der Waals surface area contributed by atoms with Crippen LogP contribution in [0.15, 0.2) is 22.7 Å². The van der Waals surface area contributed by atoms with Crippen molar-refractivity contribution in [1.29, 1.82) is 5.41 Å². The van der Waals surface area contributed by atoms with E-state index in [4.69, 9.17) is 11.1 Å². The number of amidine groups is 1. The first-order valence-corrected chi connectivity index (χ1v) is 6.66. The van der Waals surface area contributed by atoms with Crippen LogP contribution < -0.4 is 10.6 Å². The van der Waals surface area contributed by atoms with Gasteiger partial charge in [-0.05, 0) is 48.8 Å². The molecular formula is C13H20BrN3O. The molecule has 0 heterocycles. The molecule has 0 saturated heterocycles. The minimum Gasteiger partial charge on any atom is -0.389 e. The van der Waals surface area contributed by atoms with Gasteiger partial charge in [0.05, 0.1) is 11.2 Å². The highest BCUT2D eigenvalue weighted by Crippen LogP contribution is 2.28. The highest BCUT2D eigenvalue weighted by molar-refractivity contribution is 9.10. The maximum Gasteiger partial charge on any atom is 0.126 e. The molecule has 0 aliphatic heterocycles. The first-order chi connectivity index (χ1) is 8.26. The Morgan fingerprint density at radius 3 is 2.56 bits per heavy atom. The van der Waals surface area contributed by atoms with Crippen LogP contribution >= 0.6 is 15.9 Å². The van der Waals surface area contributed by atoms with Crippen LogP contribution in [0.25, 0.3) is 0 Å². The van der Waals surface area contributed by atoms with Crippen molar-refractivity contribution in [3.63, 3.8) is 0 Å². The van der Waals surface area contributed by atoms with Crippen molar-refractivity contribution in [3.8, 4) is 0 Å². The summed E-state index contributed by atoms with van der Waals surface area (Å²) in [7, 11) is 0. The molecule has 0 bridgehead atoms. The Morgan fingerprint density at radius 2 is 2.11 bits per heavy atom. The standard InChI is InChI=1S/C13H20BrN3O/c1-4-17(8-13(2,3)18)10-7-5-6-9(14)11(10)12(15)16/h5-7,18H,4,8H2,1-3H3,(H3,15,16). The maximum atomic E-state index is 9.94. The molecule has 100 valence electrons. The number of nitrogens with one attached hydrogen (secondary N) is 1. The molecule has 0 aliphatic carbocycles. The van der Waals surface area contributed by atoms with E-state index in [1.54, 1.807) is 13.8 Å². The van der Waals surface area contributed by atoms with Crippen molar-refractivity contribution < 1.29 is 5.11 Å². The van der Waals surface area contributed by atoms with E-state index in [2.05, 4.69) is 15.9 Å². The van der Waals surface area contributed by atoms with Crippen molar-refractivity contribution in [2.24, 2.45) is 5.73 Å². The van der Waals surface area contributed by atoms with Crippen molar-refractivity contribution in [1.82, 2.24) is 0 Å². The minimum atomic E-state index is -0.799. The number of nitrogens with zero attached hydrogens (tertiary/aromatic N) is 1. The Bertz CT molecular complexity index is 440.